The second kappa shape index (κ2) is 12.1. The summed E-state index contributed by atoms with van der Waals surface area (Å²) in [5, 5.41) is 9.68. The molecule has 0 amide bonds. The molecule has 4 nitrogen and oxygen atoms in total. The monoisotopic (exact) mass is 584 g/mol. The fraction of sp³-hybridized carbons (Fsp3) is 0.282. The van der Waals surface area contributed by atoms with Gasteiger partial charge in [0.1, 0.15) is 5.82 Å². The summed E-state index contributed by atoms with van der Waals surface area (Å²) in [4.78, 5) is 3.25. The molecule has 0 aliphatic carbocycles. The largest absolute Gasteiger partial charge is 0.361 e. The summed E-state index contributed by atoms with van der Waals surface area (Å²) >= 11 is 0. The van der Waals surface area contributed by atoms with Gasteiger partial charge in [-0.15, -0.1) is 0 Å². The van der Waals surface area contributed by atoms with Gasteiger partial charge in [-0.3, -0.25) is 0 Å². The lowest BCUT2D eigenvalue weighted by atomic mass is 9.74. The topological polar surface area (TPSA) is 44.8 Å². The van der Waals surface area contributed by atoms with Crippen LogP contribution in [0, 0.1) is 5.82 Å². The van der Waals surface area contributed by atoms with Crippen LogP contribution in [0.5, 0.6) is 0 Å². The fourth-order valence-electron chi connectivity index (χ4n) is 7.46. The van der Waals surface area contributed by atoms with Crippen molar-refractivity contribution in [3.05, 3.63) is 144 Å². The van der Waals surface area contributed by atoms with Gasteiger partial charge in [0.25, 0.3) is 0 Å². The van der Waals surface area contributed by atoms with E-state index in [1.54, 1.807) is 12.1 Å². The molecule has 44 heavy (non-hydrogen) atoms. The van der Waals surface area contributed by atoms with Gasteiger partial charge in [-0.25, -0.2) is 4.39 Å². The van der Waals surface area contributed by atoms with Gasteiger partial charge in [-0.2, -0.15) is 0 Å². The standard InChI is InChI=1S/C20H22N2.C19H19FN2/c1-22-12-9-17-13-18(7-8-19(17)22)20(10-11-21-15-20)14-16-5-3-2-4-6-16;20-17-4-1-14(2-5-17)12-19(8-10-21-13-19)16-3-6-18-15(11-16)7-9-22-18/h2-9,12-13,21H,10-11,14-15H2,1H3;1-7,9,11,21-22H,8,10,12-13H2. The number of hydrogen-bond acceptors (Lipinski definition) is 2. The lowest BCUT2D eigenvalue weighted by Crippen LogP contribution is -2.31. The molecular weight excluding hydrogens is 543 g/mol. The van der Waals surface area contributed by atoms with Crippen molar-refractivity contribution < 1.29 is 4.39 Å². The number of rotatable bonds is 6. The Balaban J connectivity index is 0.000000142. The number of aromatic amines is 1. The highest BCUT2D eigenvalue weighted by atomic mass is 19.1. The first kappa shape index (κ1) is 28.6. The highest BCUT2D eigenvalue weighted by Gasteiger charge is 2.37. The highest BCUT2D eigenvalue weighted by Crippen LogP contribution is 2.37. The average Bonchev–Trinajstić information content (AvgIpc) is 3.88. The van der Waals surface area contributed by atoms with Crippen molar-refractivity contribution in [1.29, 1.82) is 0 Å². The summed E-state index contributed by atoms with van der Waals surface area (Å²) < 4.78 is 15.3. The van der Waals surface area contributed by atoms with Gasteiger partial charge in [-0.05, 0) is 120 Å². The maximum absolute atomic E-state index is 13.1. The molecule has 6 aromatic rings. The molecule has 0 saturated carbocycles. The van der Waals surface area contributed by atoms with Crippen molar-refractivity contribution in [3.8, 4) is 0 Å². The van der Waals surface area contributed by atoms with Crippen LogP contribution in [0.3, 0.4) is 0 Å². The average molecular weight is 585 g/mol. The van der Waals surface area contributed by atoms with Gasteiger partial charge < -0.3 is 20.2 Å². The van der Waals surface area contributed by atoms with Crippen LogP contribution in [0.1, 0.15) is 35.1 Å². The number of benzene rings is 4. The van der Waals surface area contributed by atoms with Crippen LogP contribution in [0.4, 0.5) is 4.39 Å². The van der Waals surface area contributed by atoms with E-state index in [0.717, 1.165) is 45.4 Å². The Bertz CT molecular complexity index is 1840. The molecule has 0 bridgehead atoms. The van der Waals surface area contributed by atoms with E-state index in [1.807, 2.05) is 18.3 Å². The summed E-state index contributed by atoms with van der Waals surface area (Å²) in [6, 6.07) is 35.8. The highest BCUT2D eigenvalue weighted by molar-refractivity contribution is 5.81. The van der Waals surface area contributed by atoms with Crippen LogP contribution < -0.4 is 10.6 Å². The summed E-state index contributed by atoms with van der Waals surface area (Å²) in [5.74, 6) is -0.170. The second-order valence-corrected chi connectivity index (χ2v) is 12.9. The van der Waals surface area contributed by atoms with E-state index in [2.05, 4.69) is 112 Å². The molecule has 3 N–H and O–H groups in total. The van der Waals surface area contributed by atoms with Gasteiger partial charge in [0.05, 0.1) is 0 Å². The van der Waals surface area contributed by atoms with E-state index < -0.39 is 0 Å². The van der Waals surface area contributed by atoms with E-state index in [0.29, 0.717) is 0 Å². The predicted octanol–water partition coefficient (Wildman–Crippen LogP) is 7.43. The third-order valence-corrected chi connectivity index (χ3v) is 9.99. The summed E-state index contributed by atoms with van der Waals surface area (Å²) in [6.45, 7) is 4.19. The minimum Gasteiger partial charge on any atom is -0.361 e. The zero-order valence-corrected chi connectivity index (χ0v) is 25.5. The Morgan fingerprint density at radius 3 is 1.98 bits per heavy atom. The maximum atomic E-state index is 13.1. The van der Waals surface area contributed by atoms with E-state index in [1.165, 1.54) is 50.5 Å². The van der Waals surface area contributed by atoms with Gasteiger partial charge in [0.15, 0.2) is 0 Å². The van der Waals surface area contributed by atoms with Crippen LogP contribution in [-0.2, 0) is 30.7 Å². The minimum absolute atomic E-state index is 0.100. The normalized spacial score (nSPS) is 21.5. The Morgan fingerprint density at radius 1 is 0.682 bits per heavy atom. The number of nitrogens with zero attached hydrogens (tertiary/aromatic N) is 1. The Morgan fingerprint density at radius 2 is 1.32 bits per heavy atom. The lowest BCUT2D eigenvalue weighted by molar-refractivity contribution is 0.467. The molecule has 2 fully saturated rings. The molecule has 224 valence electrons. The fourth-order valence-corrected chi connectivity index (χ4v) is 7.46. The summed E-state index contributed by atoms with van der Waals surface area (Å²) in [7, 11) is 2.11. The van der Waals surface area contributed by atoms with Crippen LogP contribution in [0.25, 0.3) is 21.8 Å². The quantitative estimate of drug-likeness (QED) is 0.191. The second-order valence-electron chi connectivity index (χ2n) is 12.9. The molecule has 2 aliphatic rings. The predicted molar refractivity (Wildman–Crippen MR) is 180 cm³/mol. The van der Waals surface area contributed by atoms with Crippen LogP contribution in [0.15, 0.2) is 116 Å². The van der Waals surface area contributed by atoms with Crippen molar-refractivity contribution in [3.63, 3.8) is 0 Å². The van der Waals surface area contributed by atoms with E-state index in [-0.39, 0.29) is 16.6 Å². The molecule has 5 heteroatoms. The third-order valence-electron chi connectivity index (χ3n) is 9.99. The first-order valence-electron chi connectivity index (χ1n) is 15.9. The number of aryl methyl sites for hydroxylation is 1. The van der Waals surface area contributed by atoms with Crippen molar-refractivity contribution in [2.24, 2.45) is 7.05 Å². The van der Waals surface area contributed by atoms with Gasteiger partial charge in [0.2, 0.25) is 0 Å². The molecule has 4 aromatic carbocycles. The Hall–Kier alpha value is -4.19. The smallest absolute Gasteiger partial charge is 0.123 e. The Labute approximate surface area is 259 Å². The lowest BCUT2D eigenvalue weighted by Gasteiger charge is -2.29. The number of H-pyrrole nitrogens is 1. The summed E-state index contributed by atoms with van der Waals surface area (Å²) in [6.07, 6.45) is 8.50. The first-order chi connectivity index (χ1) is 21.5. The van der Waals surface area contributed by atoms with Gasteiger partial charge >= 0.3 is 0 Å². The molecule has 2 atom stereocenters. The first-order valence-corrected chi connectivity index (χ1v) is 15.9. The van der Waals surface area contributed by atoms with E-state index in [9.17, 15) is 4.39 Å². The van der Waals surface area contributed by atoms with Crippen molar-refractivity contribution in [2.75, 3.05) is 26.2 Å². The number of hydrogen-bond donors (Lipinski definition) is 3. The van der Waals surface area contributed by atoms with Crippen LogP contribution in [0.2, 0.25) is 0 Å². The molecule has 2 unspecified atom stereocenters. The van der Waals surface area contributed by atoms with Gasteiger partial charge in [-0.1, -0.05) is 54.6 Å². The zero-order valence-electron chi connectivity index (χ0n) is 25.5. The van der Waals surface area contributed by atoms with Crippen LogP contribution >= 0.6 is 0 Å². The molecule has 2 aromatic heterocycles. The van der Waals surface area contributed by atoms with Crippen molar-refractivity contribution >= 4 is 21.8 Å². The van der Waals surface area contributed by atoms with Gasteiger partial charge in [0, 0.05) is 54.4 Å². The molecular formula is C39H41FN4. The minimum atomic E-state index is -0.170. The van der Waals surface area contributed by atoms with E-state index in [4.69, 9.17) is 0 Å². The number of aromatic nitrogens is 2. The Kier molecular flexibility index (Phi) is 7.84. The molecule has 4 heterocycles. The molecule has 0 radical (unpaired) electrons. The maximum Gasteiger partial charge on any atom is 0.123 e. The van der Waals surface area contributed by atoms with Crippen LogP contribution in [-0.4, -0.2) is 35.7 Å². The molecule has 8 rings (SSSR count). The number of fused-ring (bicyclic) bond motifs is 2. The summed E-state index contributed by atoms with van der Waals surface area (Å²) in [5.41, 5.74) is 8.28. The molecule has 0 spiro atoms. The SMILES string of the molecule is Cn1ccc2cc(C3(Cc4ccccc4)CCNC3)ccc21.Fc1ccc(CC2(c3ccc4[nH]ccc4c3)CCNC2)cc1. The van der Waals surface area contributed by atoms with E-state index >= 15 is 0 Å². The molecule has 2 aliphatic heterocycles. The van der Waals surface area contributed by atoms with Crippen molar-refractivity contribution in [1.82, 2.24) is 20.2 Å². The van der Waals surface area contributed by atoms with Crippen molar-refractivity contribution in [2.45, 2.75) is 36.5 Å². The zero-order chi connectivity index (χ0) is 30.0. The number of halogens is 1. The third kappa shape index (κ3) is 5.70. The molecule has 2 saturated heterocycles. The number of nitrogens with one attached hydrogen (secondary N) is 3.